The fourth-order valence-electron chi connectivity index (χ4n) is 4.20. The van der Waals surface area contributed by atoms with Gasteiger partial charge in [0.25, 0.3) is 0 Å². The van der Waals surface area contributed by atoms with Crippen LogP contribution in [0.3, 0.4) is 0 Å². The van der Waals surface area contributed by atoms with Crippen LogP contribution < -0.4 is 10.6 Å². The van der Waals surface area contributed by atoms with Gasteiger partial charge in [0, 0.05) is 46.3 Å². The molecule has 0 aromatic carbocycles. The quantitative estimate of drug-likeness (QED) is 0.198. The summed E-state index contributed by atoms with van der Waals surface area (Å²) >= 11 is 0. The van der Waals surface area contributed by atoms with Crippen LogP contribution in [0.15, 0.2) is 4.99 Å². The van der Waals surface area contributed by atoms with Crippen LogP contribution in [0.25, 0.3) is 0 Å². The third kappa shape index (κ3) is 10.9. The van der Waals surface area contributed by atoms with Gasteiger partial charge in [-0.3, -0.25) is 9.79 Å². The summed E-state index contributed by atoms with van der Waals surface area (Å²) in [5.41, 5.74) is 0. The van der Waals surface area contributed by atoms with Crippen molar-refractivity contribution in [2.45, 2.75) is 83.7 Å². The number of piperidine rings is 1. The highest BCUT2D eigenvalue weighted by atomic mass is 127. The zero-order chi connectivity index (χ0) is 20.0. The maximum absolute atomic E-state index is 11.6. The van der Waals surface area contributed by atoms with Crippen molar-refractivity contribution in [3.05, 3.63) is 0 Å². The standard InChI is InChI=1S/C22H42N4O2.HI/c1-3-24-22(26-15-12-19(13-16-26)18-21(27)23-2)25-14-8-5-9-17-28-20-10-6-4-7-11-20;/h19-20H,3-18H2,1-2H3,(H,23,27)(H,24,25);1H. The average molecular weight is 523 g/mol. The Kier molecular flexibility index (Phi) is 14.8. The molecule has 1 amide bonds. The fraction of sp³-hybridized carbons (Fsp3) is 0.909. The number of carbonyl (C=O) groups excluding carboxylic acids is 1. The Morgan fingerprint density at radius 3 is 2.45 bits per heavy atom. The second kappa shape index (κ2) is 16.2. The van der Waals surface area contributed by atoms with Crippen molar-refractivity contribution < 1.29 is 9.53 Å². The van der Waals surface area contributed by atoms with Gasteiger partial charge in [-0.15, -0.1) is 24.0 Å². The molecule has 1 saturated carbocycles. The van der Waals surface area contributed by atoms with Crippen molar-refractivity contribution in [2.75, 3.05) is 39.8 Å². The molecule has 1 aliphatic heterocycles. The number of ether oxygens (including phenoxy) is 1. The molecule has 2 fully saturated rings. The zero-order valence-corrected chi connectivity index (χ0v) is 20.9. The van der Waals surface area contributed by atoms with Gasteiger partial charge in [0.05, 0.1) is 6.10 Å². The fourth-order valence-corrected chi connectivity index (χ4v) is 4.20. The number of amides is 1. The summed E-state index contributed by atoms with van der Waals surface area (Å²) in [6.07, 6.45) is 13.4. The summed E-state index contributed by atoms with van der Waals surface area (Å²) in [4.78, 5) is 18.8. The van der Waals surface area contributed by atoms with E-state index in [4.69, 9.17) is 9.73 Å². The molecule has 0 bridgehead atoms. The third-order valence-electron chi connectivity index (χ3n) is 5.97. The maximum Gasteiger partial charge on any atom is 0.220 e. The molecule has 0 unspecified atom stereocenters. The molecule has 0 atom stereocenters. The molecule has 6 nitrogen and oxygen atoms in total. The van der Waals surface area contributed by atoms with Crippen molar-refractivity contribution in [1.82, 2.24) is 15.5 Å². The lowest BCUT2D eigenvalue weighted by Gasteiger charge is -2.34. The Balaban J connectivity index is 0.00000420. The van der Waals surface area contributed by atoms with Crippen LogP contribution in [0.2, 0.25) is 0 Å². The van der Waals surface area contributed by atoms with Gasteiger partial charge in [0.15, 0.2) is 5.96 Å². The molecule has 1 saturated heterocycles. The predicted molar refractivity (Wildman–Crippen MR) is 131 cm³/mol. The van der Waals surface area contributed by atoms with E-state index in [9.17, 15) is 4.79 Å². The van der Waals surface area contributed by atoms with Gasteiger partial charge >= 0.3 is 0 Å². The normalized spacial score (nSPS) is 19.0. The number of rotatable bonds is 10. The number of guanidine groups is 1. The topological polar surface area (TPSA) is 66.0 Å². The first-order valence-corrected chi connectivity index (χ1v) is 11.6. The SMILES string of the molecule is CCNC(=NCCCCCOC1CCCCC1)N1CCC(CC(=O)NC)CC1.I. The Morgan fingerprint density at radius 2 is 1.79 bits per heavy atom. The van der Waals surface area contributed by atoms with Crippen molar-refractivity contribution in [3.63, 3.8) is 0 Å². The minimum atomic E-state index is 0. The monoisotopic (exact) mass is 522 g/mol. The molecular formula is C22H43IN4O2. The highest BCUT2D eigenvalue weighted by Crippen LogP contribution is 2.21. The number of aliphatic imine (C=N–C) groups is 1. The van der Waals surface area contributed by atoms with Gasteiger partial charge in [-0.05, 0) is 57.8 Å². The number of nitrogens with one attached hydrogen (secondary N) is 2. The maximum atomic E-state index is 11.6. The van der Waals surface area contributed by atoms with Crippen LogP contribution in [0.1, 0.15) is 77.6 Å². The zero-order valence-electron chi connectivity index (χ0n) is 18.6. The van der Waals surface area contributed by atoms with E-state index in [0.29, 0.717) is 18.4 Å². The lowest BCUT2D eigenvalue weighted by molar-refractivity contribution is -0.121. The van der Waals surface area contributed by atoms with E-state index in [1.54, 1.807) is 7.05 Å². The highest BCUT2D eigenvalue weighted by molar-refractivity contribution is 14.0. The number of hydrogen-bond acceptors (Lipinski definition) is 3. The first kappa shape index (κ1) is 26.5. The van der Waals surface area contributed by atoms with Gasteiger partial charge in [-0.1, -0.05) is 19.3 Å². The van der Waals surface area contributed by atoms with Crippen LogP contribution in [0.4, 0.5) is 0 Å². The highest BCUT2D eigenvalue weighted by Gasteiger charge is 2.23. The smallest absolute Gasteiger partial charge is 0.220 e. The third-order valence-corrected chi connectivity index (χ3v) is 5.97. The minimum Gasteiger partial charge on any atom is -0.378 e. The largest absolute Gasteiger partial charge is 0.378 e. The summed E-state index contributed by atoms with van der Waals surface area (Å²) in [5.74, 6) is 1.70. The Bertz CT molecular complexity index is 462. The minimum absolute atomic E-state index is 0. The number of hydrogen-bond donors (Lipinski definition) is 2. The average Bonchev–Trinajstić information content (AvgIpc) is 2.73. The molecule has 29 heavy (non-hydrogen) atoms. The molecule has 1 aliphatic carbocycles. The van der Waals surface area contributed by atoms with E-state index in [1.807, 2.05) is 0 Å². The number of halogens is 1. The molecule has 0 aromatic heterocycles. The molecule has 7 heteroatoms. The van der Waals surface area contributed by atoms with Gasteiger partial charge < -0.3 is 20.3 Å². The van der Waals surface area contributed by atoms with E-state index in [1.165, 1.54) is 38.5 Å². The van der Waals surface area contributed by atoms with Gasteiger partial charge in [0.2, 0.25) is 5.91 Å². The number of nitrogens with zero attached hydrogens (tertiary/aromatic N) is 2. The van der Waals surface area contributed by atoms with Crippen LogP contribution >= 0.6 is 24.0 Å². The Hall–Kier alpha value is -0.570. The first-order chi connectivity index (χ1) is 13.7. The van der Waals surface area contributed by atoms with E-state index in [2.05, 4.69) is 22.5 Å². The van der Waals surface area contributed by atoms with Crippen LogP contribution in [-0.2, 0) is 9.53 Å². The molecule has 2 aliphatic rings. The van der Waals surface area contributed by atoms with Gasteiger partial charge in [0.1, 0.15) is 0 Å². The molecule has 2 N–H and O–H groups in total. The predicted octanol–water partition coefficient (Wildman–Crippen LogP) is 3.94. The van der Waals surface area contributed by atoms with Crippen LogP contribution in [0, 0.1) is 5.92 Å². The molecule has 0 radical (unpaired) electrons. The number of unbranched alkanes of at least 4 members (excludes halogenated alkanes) is 2. The number of likely N-dealkylation sites (tertiary alicyclic amines) is 1. The van der Waals surface area contributed by atoms with Crippen LogP contribution in [-0.4, -0.2) is 62.7 Å². The Labute approximate surface area is 195 Å². The van der Waals surface area contributed by atoms with E-state index in [-0.39, 0.29) is 29.9 Å². The summed E-state index contributed by atoms with van der Waals surface area (Å²) in [5, 5.41) is 6.17. The Morgan fingerprint density at radius 1 is 1.07 bits per heavy atom. The first-order valence-electron chi connectivity index (χ1n) is 11.6. The summed E-state index contributed by atoms with van der Waals surface area (Å²) in [6.45, 7) is 6.78. The molecule has 1 heterocycles. The summed E-state index contributed by atoms with van der Waals surface area (Å²) in [6, 6.07) is 0. The van der Waals surface area contributed by atoms with Gasteiger partial charge in [-0.2, -0.15) is 0 Å². The molecule has 2 rings (SSSR count). The van der Waals surface area contributed by atoms with E-state index < -0.39 is 0 Å². The van der Waals surface area contributed by atoms with Crippen molar-refractivity contribution in [3.8, 4) is 0 Å². The lowest BCUT2D eigenvalue weighted by atomic mass is 9.93. The second-order valence-electron chi connectivity index (χ2n) is 8.23. The molecule has 170 valence electrons. The lowest BCUT2D eigenvalue weighted by Crippen LogP contribution is -2.46. The van der Waals surface area contributed by atoms with E-state index >= 15 is 0 Å². The summed E-state index contributed by atoms with van der Waals surface area (Å²) < 4.78 is 6.01. The molecule has 0 aromatic rings. The number of carbonyl (C=O) groups is 1. The van der Waals surface area contributed by atoms with Crippen molar-refractivity contribution in [1.29, 1.82) is 0 Å². The van der Waals surface area contributed by atoms with E-state index in [0.717, 1.165) is 64.4 Å². The molecular weight excluding hydrogens is 479 g/mol. The summed E-state index contributed by atoms with van der Waals surface area (Å²) in [7, 11) is 1.72. The van der Waals surface area contributed by atoms with Crippen LogP contribution in [0.5, 0.6) is 0 Å². The van der Waals surface area contributed by atoms with Crippen molar-refractivity contribution >= 4 is 35.8 Å². The molecule has 0 spiro atoms. The van der Waals surface area contributed by atoms with Crippen molar-refractivity contribution in [2.24, 2.45) is 10.9 Å². The van der Waals surface area contributed by atoms with Gasteiger partial charge in [-0.25, -0.2) is 0 Å². The second-order valence-corrected chi connectivity index (χ2v) is 8.23.